The molecule has 3 heteroatoms. The summed E-state index contributed by atoms with van der Waals surface area (Å²) in [5.74, 6) is 0.829. The van der Waals surface area contributed by atoms with Gasteiger partial charge in [0.05, 0.1) is 0 Å². The molecule has 1 atom stereocenters. The fourth-order valence-corrected chi connectivity index (χ4v) is 2.82. The molecule has 0 spiro atoms. The zero-order chi connectivity index (χ0) is 13.1. The standard InChI is InChI=1S/C15H22N2S/c1-11-4-3-7-17(9-11)10-14-6-5-13(15(16)18)8-12(14)2/h5-6,8,11H,3-4,7,9-10H2,1-2H3,(H2,16,18). The number of nitrogens with two attached hydrogens (primary N) is 1. The third-order valence-corrected chi connectivity index (χ3v) is 4.00. The first-order valence-corrected chi connectivity index (χ1v) is 7.09. The van der Waals surface area contributed by atoms with Crippen LogP contribution in [0.1, 0.15) is 36.5 Å². The van der Waals surface area contributed by atoms with Gasteiger partial charge >= 0.3 is 0 Å². The van der Waals surface area contributed by atoms with Gasteiger partial charge in [-0.2, -0.15) is 0 Å². The van der Waals surface area contributed by atoms with Gasteiger partial charge in [0.2, 0.25) is 0 Å². The average Bonchev–Trinajstić information content (AvgIpc) is 2.31. The van der Waals surface area contributed by atoms with E-state index in [9.17, 15) is 0 Å². The summed E-state index contributed by atoms with van der Waals surface area (Å²) in [6, 6.07) is 6.31. The van der Waals surface area contributed by atoms with Crippen LogP contribution < -0.4 is 5.73 Å². The summed E-state index contributed by atoms with van der Waals surface area (Å²) < 4.78 is 0. The Bertz CT molecular complexity index is 442. The number of aryl methyl sites for hydroxylation is 1. The average molecular weight is 262 g/mol. The quantitative estimate of drug-likeness (QED) is 0.849. The monoisotopic (exact) mass is 262 g/mol. The van der Waals surface area contributed by atoms with Crippen molar-refractivity contribution in [3.05, 3.63) is 34.9 Å². The molecular weight excluding hydrogens is 240 g/mol. The zero-order valence-corrected chi connectivity index (χ0v) is 12.1. The van der Waals surface area contributed by atoms with Crippen LogP contribution in [-0.4, -0.2) is 23.0 Å². The molecule has 1 aromatic carbocycles. The Morgan fingerprint density at radius 1 is 1.50 bits per heavy atom. The van der Waals surface area contributed by atoms with Crippen molar-refractivity contribution in [1.82, 2.24) is 4.90 Å². The Kier molecular flexibility index (Phi) is 4.36. The predicted octanol–water partition coefficient (Wildman–Crippen LogP) is 2.86. The summed E-state index contributed by atoms with van der Waals surface area (Å²) in [6.07, 6.45) is 2.70. The first-order valence-electron chi connectivity index (χ1n) is 6.68. The highest BCUT2D eigenvalue weighted by molar-refractivity contribution is 7.80. The van der Waals surface area contributed by atoms with Gasteiger partial charge in [0.1, 0.15) is 4.99 Å². The molecule has 1 aliphatic heterocycles. The Balaban J connectivity index is 2.07. The van der Waals surface area contributed by atoms with E-state index in [0.717, 1.165) is 18.0 Å². The van der Waals surface area contributed by atoms with Gasteiger partial charge in [-0.05, 0) is 49.4 Å². The Morgan fingerprint density at radius 2 is 2.28 bits per heavy atom. The highest BCUT2D eigenvalue weighted by atomic mass is 32.1. The van der Waals surface area contributed by atoms with E-state index < -0.39 is 0 Å². The highest BCUT2D eigenvalue weighted by Crippen LogP contribution is 2.20. The second kappa shape index (κ2) is 5.81. The summed E-state index contributed by atoms with van der Waals surface area (Å²) >= 11 is 5.01. The van der Waals surface area contributed by atoms with Crippen molar-refractivity contribution in [2.75, 3.05) is 13.1 Å². The molecule has 18 heavy (non-hydrogen) atoms. The van der Waals surface area contributed by atoms with Crippen molar-refractivity contribution in [3.63, 3.8) is 0 Å². The Hall–Kier alpha value is -0.930. The summed E-state index contributed by atoms with van der Waals surface area (Å²) in [7, 11) is 0. The van der Waals surface area contributed by atoms with E-state index in [1.165, 1.54) is 37.1 Å². The molecule has 0 aromatic heterocycles. The molecule has 1 saturated heterocycles. The fourth-order valence-electron chi connectivity index (χ4n) is 2.70. The maximum Gasteiger partial charge on any atom is 0.103 e. The topological polar surface area (TPSA) is 29.3 Å². The molecule has 1 unspecified atom stereocenters. The number of benzene rings is 1. The molecule has 2 nitrogen and oxygen atoms in total. The SMILES string of the molecule is Cc1cc(C(N)=S)ccc1CN1CCCC(C)C1. The summed E-state index contributed by atoms with van der Waals surface area (Å²) in [5, 5.41) is 0. The highest BCUT2D eigenvalue weighted by Gasteiger charge is 2.16. The Labute approximate surface area is 115 Å². The van der Waals surface area contributed by atoms with Crippen molar-refractivity contribution in [1.29, 1.82) is 0 Å². The molecular formula is C15H22N2S. The van der Waals surface area contributed by atoms with Crippen molar-refractivity contribution in [2.24, 2.45) is 11.7 Å². The minimum absolute atomic E-state index is 0.483. The van der Waals surface area contributed by atoms with Crippen molar-refractivity contribution in [3.8, 4) is 0 Å². The fraction of sp³-hybridized carbons (Fsp3) is 0.533. The van der Waals surface area contributed by atoms with Crippen molar-refractivity contribution in [2.45, 2.75) is 33.2 Å². The lowest BCUT2D eigenvalue weighted by Crippen LogP contribution is -2.33. The number of hydrogen-bond acceptors (Lipinski definition) is 2. The van der Waals surface area contributed by atoms with Gasteiger partial charge in [0, 0.05) is 18.7 Å². The van der Waals surface area contributed by atoms with Crippen LogP contribution in [0.3, 0.4) is 0 Å². The number of hydrogen-bond donors (Lipinski definition) is 1. The third-order valence-electron chi connectivity index (χ3n) is 3.76. The molecule has 2 N–H and O–H groups in total. The molecule has 1 heterocycles. The van der Waals surface area contributed by atoms with Crippen LogP contribution in [0, 0.1) is 12.8 Å². The lowest BCUT2D eigenvalue weighted by Gasteiger charge is -2.31. The number of nitrogens with zero attached hydrogens (tertiary/aromatic N) is 1. The van der Waals surface area contributed by atoms with Crippen LogP contribution in [-0.2, 0) is 6.54 Å². The first kappa shape index (κ1) is 13.5. The second-order valence-corrected chi connectivity index (χ2v) is 5.93. The minimum Gasteiger partial charge on any atom is -0.389 e. The van der Waals surface area contributed by atoms with E-state index in [1.54, 1.807) is 0 Å². The van der Waals surface area contributed by atoms with Crippen molar-refractivity contribution < 1.29 is 0 Å². The molecule has 0 amide bonds. The normalized spacial score (nSPS) is 20.9. The van der Waals surface area contributed by atoms with Crippen LogP contribution >= 0.6 is 12.2 Å². The number of thiocarbonyl (C=S) groups is 1. The smallest absolute Gasteiger partial charge is 0.103 e. The molecule has 0 bridgehead atoms. The van der Waals surface area contributed by atoms with Gasteiger partial charge in [0.15, 0.2) is 0 Å². The molecule has 1 aromatic rings. The van der Waals surface area contributed by atoms with E-state index >= 15 is 0 Å². The van der Waals surface area contributed by atoms with Crippen LogP contribution in [0.5, 0.6) is 0 Å². The van der Waals surface area contributed by atoms with Crippen LogP contribution in [0.2, 0.25) is 0 Å². The number of likely N-dealkylation sites (tertiary alicyclic amines) is 1. The largest absolute Gasteiger partial charge is 0.389 e. The molecule has 0 radical (unpaired) electrons. The Morgan fingerprint density at radius 3 is 2.89 bits per heavy atom. The molecule has 2 rings (SSSR count). The minimum atomic E-state index is 0.483. The van der Waals surface area contributed by atoms with E-state index in [-0.39, 0.29) is 0 Å². The van der Waals surface area contributed by atoms with E-state index in [0.29, 0.717) is 4.99 Å². The summed E-state index contributed by atoms with van der Waals surface area (Å²) in [5.41, 5.74) is 9.31. The van der Waals surface area contributed by atoms with Gasteiger partial charge in [-0.15, -0.1) is 0 Å². The molecule has 1 aliphatic rings. The van der Waals surface area contributed by atoms with Gasteiger partial charge in [0.25, 0.3) is 0 Å². The third kappa shape index (κ3) is 3.30. The molecule has 0 saturated carbocycles. The molecule has 98 valence electrons. The number of piperidine rings is 1. The number of rotatable bonds is 3. The van der Waals surface area contributed by atoms with Gasteiger partial charge < -0.3 is 5.73 Å². The second-order valence-electron chi connectivity index (χ2n) is 5.49. The predicted molar refractivity (Wildman–Crippen MR) is 80.7 cm³/mol. The van der Waals surface area contributed by atoms with Crippen LogP contribution in [0.4, 0.5) is 0 Å². The lowest BCUT2D eigenvalue weighted by atomic mass is 9.98. The summed E-state index contributed by atoms with van der Waals surface area (Å²) in [4.78, 5) is 3.04. The van der Waals surface area contributed by atoms with E-state index in [4.69, 9.17) is 18.0 Å². The van der Waals surface area contributed by atoms with Gasteiger partial charge in [-0.25, -0.2) is 0 Å². The van der Waals surface area contributed by atoms with E-state index in [2.05, 4.69) is 30.9 Å². The van der Waals surface area contributed by atoms with Gasteiger partial charge in [-0.1, -0.05) is 31.3 Å². The lowest BCUT2D eigenvalue weighted by molar-refractivity contribution is 0.176. The van der Waals surface area contributed by atoms with Crippen LogP contribution in [0.25, 0.3) is 0 Å². The summed E-state index contributed by atoms with van der Waals surface area (Å²) in [6.45, 7) is 7.98. The van der Waals surface area contributed by atoms with Crippen molar-refractivity contribution >= 4 is 17.2 Å². The molecule has 0 aliphatic carbocycles. The maximum absolute atomic E-state index is 5.66. The first-order chi connectivity index (χ1) is 8.56. The molecule has 1 fully saturated rings. The van der Waals surface area contributed by atoms with E-state index in [1.807, 2.05) is 6.07 Å². The van der Waals surface area contributed by atoms with Crippen LogP contribution in [0.15, 0.2) is 18.2 Å². The van der Waals surface area contributed by atoms with Gasteiger partial charge in [-0.3, -0.25) is 4.90 Å². The zero-order valence-electron chi connectivity index (χ0n) is 11.3. The maximum atomic E-state index is 5.66.